The summed E-state index contributed by atoms with van der Waals surface area (Å²) >= 11 is 6.22. The molecule has 0 aliphatic carbocycles. The molecule has 0 saturated heterocycles. The van der Waals surface area contributed by atoms with Gasteiger partial charge in [0.2, 0.25) is 5.28 Å². The summed E-state index contributed by atoms with van der Waals surface area (Å²) in [7, 11) is 2.97. The van der Waals surface area contributed by atoms with E-state index in [-0.39, 0.29) is 16.4 Å². The number of benzene rings is 1. The fraction of sp³-hybridized carbons (Fsp3) is 0.214. The predicted octanol–water partition coefficient (Wildman–Crippen LogP) is 0.967. The summed E-state index contributed by atoms with van der Waals surface area (Å²) in [5, 5.41) is 0.112. The molecule has 0 spiro atoms. The Balaban J connectivity index is 2.53. The molecule has 0 fully saturated rings. The van der Waals surface area contributed by atoms with E-state index >= 15 is 0 Å². The molecule has 22 heavy (non-hydrogen) atoms. The van der Waals surface area contributed by atoms with Gasteiger partial charge in [0.25, 0.3) is 5.56 Å². The van der Waals surface area contributed by atoms with Gasteiger partial charge >= 0.3 is 5.69 Å². The van der Waals surface area contributed by atoms with Crippen LogP contribution in [0.15, 0.2) is 27.8 Å². The molecule has 0 amide bonds. The quantitative estimate of drug-likeness (QED) is 0.534. The molecule has 2 heterocycles. The van der Waals surface area contributed by atoms with Gasteiger partial charge in [0, 0.05) is 19.8 Å². The van der Waals surface area contributed by atoms with Crippen LogP contribution in [0.5, 0.6) is 0 Å². The van der Waals surface area contributed by atoms with E-state index in [0.717, 1.165) is 10.1 Å². The van der Waals surface area contributed by atoms with Crippen LogP contribution in [0.2, 0.25) is 5.28 Å². The third kappa shape index (κ3) is 1.86. The predicted molar refractivity (Wildman–Crippen MR) is 85.7 cm³/mol. The van der Waals surface area contributed by atoms with Crippen LogP contribution >= 0.6 is 11.6 Å². The van der Waals surface area contributed by atoms with E-state index in [1.165, 1.54) is 16.2 Å². The third-order valence-corrected chi connectivity index (χ3v) is 3.93. The first-order valence-corrected chi connectivity index (χ1v) is 6.91. The van der Waals surface area contributed by atoms with Gasteiger partial charge in [0.1, 0.15) is 0 Å². The lowest BCUT2D eigenvalue weighted by Gasteiger charge is -2.10. The van der Waals surface area contributed by atoms with Gasteiger partial charge in [0.05, 0.1) is 5.69 Å². The van der Waals surface area contributed by atoms with E-state index in [0.29, 0.717) is 11.4 Å². The molecule has 2 aromatic heterocycles. The molecule has 3 rings (SSSR count). The highest BCUT2D eigenvalue weighted by atomic mass is 35.5. The Labute approximate surface area is 130 Å². The maximum Gasteiger partial charge on any atom is 0.332 e. The van der Waals surface area contributed by atoms with Crippen molar-refractivity contribution in [2.24, 2.45) is 14.1 Å². The van der Waals surface area contributed by atoms with Crippen LogP contribution in [0.1, 0.15) is 5.56 Å². The number of fused-ring (bicyclic) bond motifs is 1. The first-order chi connectivity index (χ1) is 10.3. The summed E-state index contributed by atoms with van der Waals surface area (Å²) in [5.41, 5.74) is 7.51. The van der Waals surface area contributed by atoms with E-state index in [1.54, 1.807) is 25.2 Å². The molecule has 8 heteroatoms. The maximum absolute atomic E-state index is 12.5. The monoisotopic (exact) mass is 319 g/mol. The fourth-order valence-electron chi connectivity index (χ4n) is 2.52. The van der Waals surface area contributed by atoms with Crippen molar-refractivity contribution < 1.29 is 0 Å². The lowest BCUT2D eigenvalue weighted by atomic mass is 10.2. The van der Waals surface area contributed by atoms with Crippen LogP contribution < -0.4 is 17.0 Å². The number of nitrogens with zero attached hydrogens (tertiary/aromatic N) is 4. The Bertz CT molecular complexity index is 1030. The zero-order valence-corrected chi connectivity index (χ0v) is 13.0. The van der Waals surface area contributed by atoms with Crippen molar-refractivity contribution in [1.29, 1.82) is 0 Å². The van der Waals surface area contributed by atoms with E-state index in [4.69, 9.17) is 17.3 Å². The fourth-order valence-corrected chi connectivity index (χ4v) is 2.77. The second-order valence-electron chi connectivity index (χ2n) is 5.14. The van der Waals surface area contributed by atoms with Crippen LogP contribution in [-0.2, 0) is 14.1 Å². The molecule has 7 nitrogen and oxygen atoms in total. The molecule has 0 aliphatic heterocycles. The van der Waals surface area contributed by atoms with Gasteiger partial charge in [-0.3, -0.25) is 18.5 Å². The number of aromatic nitrogens is 4. The van der Waals surface area contributed by atoms with Gasteiger partial charge in [0.15, 0.2) is 11.2 Å². The average Bonchev–Trinajstić information content (AvgIpc) is 2.81. The topological polar surface area (TPSA) is 87.8 Å². The Morgan fingerprint density at radius 3 is 2.50 bits per heavy atom. The number of aryl methyl sites for hydroxylation is 2. The normalized spacial score (nSPS) is 11.3. The summed E-state index contributed by atoms with van der Waals surface area (Å²) in [6.07, 6.45) is 0. The van der Waals surface area contributed by atoms with Gasteiger partial charge in [-0.25, -0.2) is 4.79 Å². The van der Waals surface area contributed by atoms with Crippen LogP contribution in [0.4, 0.5) is 5.69 Å². The molecule has 0 atom stereocenters. The molecule has 0 saturated carbocycles. The first kappa shape index (κ1) is 14.4. The molecule has 0 radical (unpaired) electrons. The maximum atomic E-state index is 12.5. The van der Waals surface area contributed by atoms with Crippen molar-refractivity contribution >= 4 is 28.5 Å². The van der Waals surface area contributed by atoms with E-state index < -0.39 is 11.2 Å². The molecule has 2 N–H and O–H groups in total. The van der Waals surface area contributed by atoms with E-state index in [2.05, 4.69) is 4.98 Å². The second kappa shape index (κ2) is 4.74. The number of rotatable bonds is 1. The highest BCUT2D eigenvalue weighted by molar-refractivity contribution is 6.29. The molecule has 0 unspecified atom stereocenters. The van der Waals surface area contributed by atoms with Crippen LogP contribution in [0.3, 0.4) is 0 Å². The molecule has 0 bridgehead atoms. The number of hydrogen-bond donors (Lipinski definition) is 1. The summed E-state index contributed by atoms with van der Waals surface area (Å²) in [4.78, 5) is 28.6. The third-order valence-electron chi connectivity index (χ3n) is 3.68. The van der Waals surface area contributed by atoms with Gasteiger partial charge < -0.3 is 5.73 Å². The zero-order chi connectivity index (χ0) is 16.2. The smallest absolute Gasteiger partial charge is 0.332 e. The minimum absolute atomic E-state index is 0.112. The zero-order valence-electron chi connectivity index (χ0n) is 12.3. The van der Waals surface area contributed by atoms with Gasteiger partial charge in [-0.05, 0) is 42.3 Å². The van der Waals surface area contributed by atoms with Crippen molar-refractivity contribution in [2.45, 2.75) is 6.92 Å². The van der Waals surface area contributed by atoms with Gasteiger partial charge in [-0.1, -0.05) is 0 Å². The molecule has 114 valence electrons. The van der Waals surface area contributed by atoms with Crippen molar-refractivity contribution in [1.82, 2.24) is 18.7 Å². The van der Waals surface area contributed by atoms with Crippen molar-refractivity contribution in [2.75, 3.05) is 5.73 Å². The van der Waals surface area contributed by atoms with E-state index in [1.807, 2.05) is 6.92 Å². The number of nitrogen functional groups attached to an aromatic ring is 1. The molecular weight excluding hydrogens is 306 g/mol. The van der Waals surface area contributed by atoms with Crippen molar-refractivity contribution in [3.8, 4) is 5.69 Å². The lowest BCUT2D eigenvalue weighted by Crippen LogP contribution is -2.37. The summed E-state index contributed by atoms with van der Waals surface area (Å²) in [5.74, 6) is 0. The summed E-state index contributed by atoms with van der Waals surface area (Å²) in [6.45, 7) is 1.86. The largest absolute Gasteiger partial charge is 0.399 e. The first-order valence-electron chi connectivity index (χ1n) is 6.53. The second-order valence-corrected chi connectivity index (χ2v) is 5.48. The highest BCUT2D eigenvalue weighted by Gasteiger charge is 2.20. The summed E-state index contributed by atoms with van der Waals surface area (Å²) in [6, 6.07) is 5.27. The lowest BCUT2D eigenvalue weighted by molar-refractivity contribution is 0.707. The SMILES string of the molecule is Cc1cc(N)ccc1-n1c(Cl)nc2c1c(=O)n(C)c(=O)n2C. The Kier molecular flexibility index (Phi) is 3.10. The Morgan fingerprint density at radius 1 is 1.18 bits per heavy atom. The van der Waals surface area contributed by atoms with Gasteiger partial charge in [-0.15, -0.1) is 0 Å². The van der Waals surface area contributed by atoms with Crippen LogP contribution in [-0.4, -0.2) is 18.7 Å². The number of hydrogen-bond acceptors (Lipinski definition) is 4. The minimum atomic E-state index is -0.451. The number of halogens is 1. The van der Waals surface area contributed by atoms with Crippen molar-refractivity contribution in [3.63, 3.8) is 0 Å². The van der Waals surface area contributed by atoms with Gasteiger partial charge in [-0.2, -0.15) is 4.98 Å². The molecule has 1 aromatic carbocycles. The molecular formula is C14H14ClN5O2. The molecule has 0 aliphatic rings. The molecule has 3 aromatic rings. The minimum Gasteiger partial charge on any atom is -0.399 e. The standard InChI is InChI=1S/C14H14ClN5O2/c1-7-6-8(16)4-5-9(7)20-10-11(17-13(20)15)18(2)14(22)19(3)12(10)21/h4-6H,16H2,1-3H3. The number of anilines is 1. The Morgan fingerprint density at radius 2 is 1.86 bits per heavy atom. The highest BCUT2D eigenvalue weighted by Crippen LogP contribution is 2.25. The number of nitrogens with two attached hydrogens (primary N) is 1. The van der Waals surface area contributed by atoms with Crippen LogP contribution in [0, 0.1) is 6.92 Å². The Hall–Kier alpha value is -2.54. The summed E-state index contributed by atoms with van der Waals surface area (Å²) < 4.78 is 3.86. The average molecular weight is 320 g/mol. The van der Waals surface area contributed by atoms with Crippen LogP contribution in [0.25, 0.3) is 16.9 Å². The van der Waals surface area contributed by atoms with E-state index in [9.17, 15) is 9.59 Å². The number of imidazole rings is 1. The van der Waals surface area contributed by atoms with Crippen molar-refractivity contribution in [3.05, 3.63) is 49.9 Å².